The molecule has 0 saturated carbocycles. The molecular formula is C15H16F10O4. The number of rotatable bonds is 10. The van der Waals surface area contributed by atoms with Crippen molar-refractivity contribution in [1.29, 1.82) is 0 Å². The molecule has 14 heteroatoms. The Hall–Kier alpha value is -2.02. The first-order valence-corrected chi connectivity index (χ1v) is 7.56. The van der Waals surface area contributed by atoms with E-state index < -0.39 is 60.7 Å². The summed E-state index contributed by atoms with van der Waals surface area (Å²) in [6.07, 6.45) is -7.86. The van der Waals surface area contributed by atoms with E-state index in [1.165, 1.54) is 0 Å². The highest BCUT2D eigenvalue weighted by Crippen LogP contribution is 2.48. The topological polar surface area (TPSA) is 52.6 Å². The van der Waals surface area contributed by atoms with Gasteiger partial charge in [0, 0.05) is 5.57 Å². The number of halogens is 10. The number of hydrogen-bond donors (Lipinski definition) is 0. The van der Waals surface area contributed by atoms with Crippen LogP contribution in [0, 0.1) is 5.92 Å². The van der Waals surface area contributed by atoms with Crippen LogP contribution in [0.4, 0.5) is 43.9 Å². The molecule has 29 heavy (non-hydrogen) atoms. The fraction of sp³-hybridized carbons (Fsp3) is 0.733. The van der Waals surface area contributed by atoms with Crippen molar-refractivity contribution in [3.8, 4) is 0 Å². The van der Waals surface area contributed by atoms with Gasteiger partial charge in [-0.05, 0) is 12.8 Å². The molecule has 0 amide bonds. The molecule has 170 valence electrons. The molecule has 0 spiro atoms. The molecule has 0 aromatic heterocycles. The summed E-state index contributed by atoms with van der Waals surface area (Å²) in [5, 5.41) is 0. The highest BCUT2D eigenvalue weighted by molar-refractivity contribution is 5.88. The van der Waals surface area contributed by atoms with Gasteiger partial charge in [-0.2, -0.15) is 35.1 Å². The average molecular weight is 450 g/mol. The van der Waals surface area contributed by atoms with Crippen LogP contribution in [0.5, 0.6) is 0 Å². The Morgan fingerprint density at radius 2 is 1.41 bits per heavy atom. The van der Waals surface area contributed by atoms with Crippen LogP contribution in [0.15, 0.2) is 12.2 Å². The SMILES string of the molecule is C=C(C)C(=O)OC(C(C)C)C(F)(F)C(=O)OCC(F)(F)C(F)(F)C(F)(F)C(F)F. The van der Waals surface area contributed by atoms with Crippen molar-refractivity contribution in [1.82, 2.24) is 0 Å². The van der Waals surface area contributed by atoms with Crippen molar-refractivity contribution in [2.75, 3.05) is 6.61 Å². The number of ether oxygens (including phenoxy) is 2. The molecule has 1 atom stereocenters. The predicted molar refractivity (Wildman–Crippen MR) is 76.3 cm³/mol. The van der Waals surface area contributed by atoms with Gasteiger partial charge in [-0.3, -0.25) is 0 Å². The molecule has 1 unspecified atom stereocenters. The minimum atomic E-state index is -6.74. The number of carbonyl (C=O) groups excluding carboxylic acids is 2. The Bertz CT molecular complexity index is 631. The molecule has 0 aromatic carbocycles. The Kier molecular flexibility index (Phi) is 8.16. The molecule has 0 aliphatic rings. The van der Waals surface area contributed by atoms with Crippen LogP contribution in [0.25, 0.3) is 0 Å². The summed E-state index contributed by atoms with van der Waals surface area (Å²) >= 11 is 0. The van der Waals surface area contributed by atoms with Crippen molar-refractivity contribution in [3.05, 3.63) is 12.2 Å². The summed E-state index contributed by atoms with van der Waals surface area (Å²) in [6, 6.07) is 0. The van der Waals surface area contributed by atoms with Crippen LogP contribution >= 0.6 is 0 Å². The van der Waals surface area contributed by atoms with E-state index in [1.807, 2.05) is 0 Å². The number of hydrogen-bond acceptors (Lipinski definition) is 4. The van der Waals surface area contributed by atoms with Crippen LogP contribution in [0.2, 0.25) is 0 Å². The fourth-order valence-corrected chi connectivity index (χ4v) is 1.68. The number of carbonyl (C=O) groups is 2. The van der Waals surface area contributed by atoms with E-state index in [2.05, 4.69) is 16.1 Å². The maximum atomic E-state index is 14.1. The zero-order valence-corrected chi connectivity index (χ0v) is 15.1. The molecule has 0 fully saturated rings. The third kappa shape index (κ3) is 5.53. The van der Waals surface area contributed by atoms with E-state index >= 15 is 0 Å². The monoisotopic (exact) mass is 450 g/mol. The van der Waals surface area contributed by atoms with Crippen LogP contribution in [-0.4, -0.2) is 54.8 Å². The van der Waals surface area contributed by atoms with E-state index in [4.69, 9.17) is 0 Å². The highest BCUT2D eigenvalue weighted by atomic mass is 19.4. The van der Waals surface area contributed by atoms with E-state index in [9.17, 15) is 53.5 Å². The Morgan fingerprint density at radius 3 is 1.76 bits per heavy atom. The first kappa shape index (κ1) is 27.0. The van der Waals surface area contributed by atoms with Crippen molar-refractivity contribution < 1.29 is 63.0 Å². The molecule has 0 saturated heterocycles. The van der Waals surface area contributed by atoms with Gasteiger partial charge in [-0.1, -0.05) is 20.4 Å². The number of alkyl halides is 10. The van der Waals surface area contributed by atoms with Crippen LogP contribution in [-0.2, 0) is 19.1 Å². The van der Waals surface area contributed by atoms with Gasteiger partial charge in [0.15, 0.2) is 12.7 Å². The maximum absolute atomic E-state index is 14.1. The minimum absolute atomic E-state index is 0.389. The molecule has 0 aromatic rings. The minimum Gasteiger partial charge on any atom is -0.454 e. The van der Waals surface area contributed by atoms with Crippen molar-refractivity contribution in [2.24, 2.45) is 5.92 Å². The van der Waals surface area contributed by atoms with Gasteiger partial charge in [0.2, 0.25) is 0 Å². The van der Waals surface area contributed by atoms with Gasteiger partial charge in [-0.25, -0.2) is 18.4 Å². The van der Waals surface area contributed by atoms with Crippen molar-refractivity contribution in [2.45, 2.75) is 57.0 Å². The smallest absolute Gasteiger partial charge is 0.381 e. The van der Waals surface area contributed by atoms with E-state index in [0.29, 0.717) is 0 Å². The zero-order chi connectivity index (χ0) is 23.6. The first-order chi connectivity index (χ1) is 12.7. The van der Waals surface area contributed by atoms with E-state index in [-0.39, 0.29) is 5.57 Å². The molecule has 0 N–H and O–H groups in total. The second kappa shape index (κ2) is 8.78. The second-order valence-corrected chi connectivity index (χ2v) is 6.25. The number of esters is 2. The molecule has 0 aliphatic heterocycles. The van der Waals surface area contributed by atoms with Gasteiger partial charge >= 0.3 is 42.1 Å². The third-order valence-electron chi connectivity index (χ3n) is 3.35. The first-order valence-electron chi connectivity index (χ1n) is 7.56. The van der Waals surface area contributed by atoms with Gasteiger partial charge in [-0.15, -0.1) is 0 Å². The van der Waals surface area contributed by atoms with Gasteiger partial charge in [0.05, 0.1) is 0 Å². The van der Waals surface area contributed by atoms with Crippen LogP contribution < -0.4 is 0 Å². The molecule has 0 rings (SSSR count). The summed E-state index contributed by atoms with van der Waals surface area (Å²) in [5.41, 5.74) is -0.389. The quantitative estimate of drug-likeness (QED) is 0.280. The van der Waals surface area contributed by atoms with Gasteiger partial charge < -0.3 is 9.47 Å². The highest BCUT2D eigenvalue weighted by Gasteiger charge is 2.76. The lowest BCUT2D eigenvalue weighted by molar-refractivity contribution is -0.345. The van der Waals surface area contributed by atoms with E-state index in [1.54, 1.807) is 0 Å². The summed E-state index contributed by atoms with van der Waals surface area (Å²) in [4.78, 5) is 22.8. The van der Waals surface area contributed by atoms with Crippen LogP contribution in [0.1, 0.15) is 20.8 Å². The van der Waals surface area contributed by atoms with Crippen LogP contribution in [0.3, 0.4) is 0 Å². The van der Waals surface area contributed by atoms with Gasteiger partial charge in [0.1, 0.15) is 0 Å². The van der Waals surface area contributed by atoms with Crippen molar-refractivity contribution >= 4 is 11.9 Å². The lowest BCUT2D eigenvalue weighted by Crippen LogP contribution is -2.59. The molecule has 4 nitrogen and oxygen atoms in total. The molecule has 0 heterocycles. The summed E-state index contributed by atoms with van der Waals surface area (Å²) in [6.45, 7) is 3.05. The molecule has 0 aliphatic carbocycles. The lowest BCUT2D eigenvalue weighted by Gasteiger charge is -2.32. The molecule has 0 radical (unpaired) electrons. The average Bonchev–Trinajstić information content (AvgIpc) is 2.55. The largest absolute Gasteiger partial charge is 0.454 e. The van der Waals surface area contributed by atoms with Crippen molar-refractivity contribution in [3.63, 3.8) is 0 Å². The molecule has 0 bridgehead atoms. The van der Waals surface area contributed by atoms with E-state index in [0.717, 1.165) is 20.8 Å². The summed E-state index contributed by atoms with van der Waals surface area (Å²) in [7, 11) is 0. The predicted octanol–water partition coefficient (Wildman–Crippen LogP) is 4.48. The third-order valence-corrected chi connectivity index (χ3v) is 3.35. The maximum Gasteiger partial charge on any atom is 0.381 e. The molecular weight excluding hydrogens is 434 g/mol. The Balaban J connectivity index is 5.53. The lowest BCUT2D eigenvalue weighted by atomic mass is 10.0. The van der Waals surface area contributed by atoms with Gasteiger partial charge in [0.25, 0.3) is 0 Å². The summed E-state index contributed by atoms with van der Waals surface area (Å²) < 4.78 is 138. The standard InChI is InChI=1S/C15H16F10O4/c1-6(2)8(29-9(26)7(3)4)13(20,21)11(27)28-5-12(18,19)15(24,25)14(22,23)10(16)17/h6,8,10H,3,5H2,1-2,4H3. The fourth-order valence-electron chi connectivity index (χ4n) is 1.68. The Morgan fingerprint density at radius 1 is 0.966 bits per heavy atom. The Labute approximate surface area is 157 Å². The summed E-state index contributed by atoms with van der Waals surface area (Å²) in [5.74, 6) is -30.0. The second-order valence-electron chi connectivity index (χ2n) is 6.25. The normalized spacial score (nSPS) is 14.7. The zero-order valence-electron chi connectivity index (χ0n) is 15.1.